The summed E-state index contributed by atoms with van der Waals surface area (Å²) in [5.74, 6) is 0. The molecular weight excluding hydrogens is 151 g/mol. The normalized spacial score (nSPS) is 2.50. The molecule has 0 unspecified atom stereocenters. The molecule has 0 aromatic carbocycles. The van der Waals surface area contributed by atoms with Crippen LogP contribution < -0.4 is 0 Å². The van der Waals surface area contributed by atoms with Gasteiger partial charge in [-0.15, -0.1) is 0 Å². The van der Waals surface area contributed by atoms with Gasteiger partial charge in [0.2, 0.25) is 0 Å². The fourth-order valence-corrected chi connectivity index (χ4v) is 0. The summed E-state index contributed by atoms with van der Waals surface area (Å²) in [6, 6.07) is 0. The van der Waals surface area contributed by atoms with Crippen molar-refractivity contribution in [3.8, 4) is 0 Å². The monoisotopic (exact) mass is 153 g/mol. The van der Waals surface area contributed by atoms with Crippen molar-refractivity contribution in [1.29, 1.82) is 0 Å². The van der Waals surface area contributed by atoms with Crippen molar-refractivity contribution < 1.29 is 1.43 Å². The third kappa shape index (κ3) is 8.92. The van der Waals surface area contributed by atoms with Crippen LogP contribution in [0.3, 0.4) is 0 Å². The molecule has 0 atom stereocenters. The minimum Gasteiger partial charge on any atom is 1.00 e. The largest absolute Gasteiger partial charge is 1.00 e. The van der Waals surface area contributed by atoms with Crippen LogP contribution in [0, 0.1) is 0 Å². The Morgan fingerprint density at radius 2 is 1.50 bits per heavy atom. The topological polar surface area (TPSA) is 0 Å². The molecule has 0 aromatic heterocycles. The molecule has 4 heteroatoms. The van der Waals surface area contributed by atoms with Crippen LogP contribution in [0.25, 0.3) is 0 Å². The van der Waals surface area contributed by atoms with Crippen molar-refractivity contribution in [2.75, 3.05) is 0 Å². The predicted molar refractivity (Wildman–Crippen MR) is 27.1 cm³/mol. The quantitative estimate of drug-likeness (QED) is 0.437. The van der Waals surface area contributed by atoms with Gasteiger partial charge in [0.25, 0.3) is 0 Å². The smallest absolute Gasteiger partial charge is 1.00 e. The minimum absolute atomic E-state index is 0. The zero-order valence-corrected chi connectivity index (χ0v) is 5.18. The zero-order valence-electron chi connectivity index (χ0n) is 2.46. The Morgan fingerprint density at radius 1 is 1.50 bits per heavy atom. The van der Waals surface area contributed by atoms with Crippen molar-refractivity contribution >= 4 is 81.4 Å². The van der Waals surface area contributed by atoms with Crippen LogP contribution in [0.2, 0.25) is 0 Å². The van der Waals surface area contributed by atoms with Crippen LogP contribution >= 0.6 is 12.8 Å². The summed E-state index contributed by atoms with van der Waals surface area (Å²) in [6.07, 6.45) is 9.90. The SMILES string of the molecule is [CaH2].[Cl][Ca][Cl].[H+]. The maximum atomic E-state index is 4.95. The van der Waals surface area contributed by atoms with Crippen molar-refractivity contribution in [3.63, 3.8) is 0 Å². The molecule has 0 nitrogen and oxygen atoms in total. The van der Waals surface area contributed by atoms with E-state index in [2.05, 4.69) is 0 Å². The fourth-order valence-electron chi connectivity index (χ4n) is 0. The zero-order chi connectivity index (χ0) is 2.71. The number of hydrogen-bond donors (Lipinski definition) is 0. The molecule has 0 bridgehead atoms. The van der Waals surface area contributed by atoms with Gasteiger partial charge in [-0.25, -0.2) is 0 Å². The number of rotatable bonds is 0. The maximum Gasteiger partial charge on any atom is 1.00 e. The summed E-state index contributed by atoms with van der Waals surface area (Å²) < 4.78 is 0. The van der Waals surface area contributed by atoms with Crippen LogP contribution in [0.5, 0.6) is 0 Å². The summed E-state index contributed by atoms with van der Waals surface area (Å²) in [7, 11) is 0. The summed E-state index contributed by atoms with van der Waals surface area (Å²) >= 11 is -0.931. The molecule has 0 rings (SSSR count). The molecule has 20 valence electrons. The van der Waals surface area contributed by atoms with Crippen LogP contribution in [0.1, 0.15) is 1.43 Å². The molecule has 0 aliphatic carbocycles. The Morgan fingerprint density at radius 3 is 1.50 bits per heavy atom. The van der Waals surface area contributed by atoms with Crippen molar-refractivity contribution in [2.24, 2.45) is 0 Å². The van der Waals surface area contributed by atoms with Gasteiger partial charge in [-0.3, -0.25) is 0 Å². The third-order valence-electron chi connectivity index (χ3n) is 0. The molecule has 0 aliphatic heterocycles. The molecule has 0 amide bonds. The van der Waals surface area contributed by atoms with E-state index in [1.165, 1.54) is 0 Å². The van der Waals surface area contributed by atoms with Crippen molar-refractivity contribution in [1.82, 2.24) is 0 Å². The molecule has 0 saturated heterocycles. The molecule has 0 aromatic rings. The van der Waals surface area contributed by atoms with Gasteiger partial charge < -0.3 is 0 Å². The van der Waals surface area contributed by atoms with Gasteiger partial charge in [0.1, 0.15) is 0 Å². The predicted octanol–water partition coefficient (Wildman–Crippen LogP) is 0.195. The first kappa shape index (κ1) is 10.2. The van der Waals surface area contributed by atoms with E-state index in [4.69, 9.17) is 12.8 Å². The minimum atomic E-state index is -0.931. The second-order valence-corrected chi connectivity index (χ2v) is 3.75. The van der Waals surface area contributed by atoms with E-state index in [1.54, 1.807) is 0 Å². The van der Waals surface area contributed by atoms with Crippen LogP contribution in [-0.2, 0) is 0 Å². The molecule has 0 fully saturated rings. The molecule has 0 radical (unpaired) electrons. The summed E-state index contributed by atoms with van der Waals surface area (Å²) in [4.78, 5) is 0. The van der Waals surface area contributed by atoms with E-state index < -0.39 is 30.8 Å². The molecule has 0 heterocycles. The van der Waals surface area contributed by atoms with E-state index in [9.17, 15) is 0 Å². The third-order valence-corrected chi connectivity index (χ3v) is 0. The Kier molecular flexibility index (Phi) is 24.0. The Hall–Kier alpha value is 3.10. The number of hydrogen-bond acceptors (Lipinski definition) is 0. The Balaban J connectivity index is -0.0000000200. The Bertz CT molecular complexity index is 7.61. The second kappa shape index (κ2) is 9.44. The molecule has 0 aliphatic rings. The Labute approximate surface area is 80.5 Å². The average molecular weight is 154 g/mol. The van der Waals surface area contributed by atoms with E-state index in [0.29, 0.717) is 0 Å². The molecule has 0 saturated carbocycles. The second-order valence-electron chi connectivity index (χ2n) is 0.101. The van der Waals surface area contributed by atoms with Crippen LogP contribution in [0.4, 0.5) is 0 Å². The molecular formula is H3Ca2Cl2+. The molecule has 0 N–H and O–H groups in total. The van der Waals surface area contributed by atoms with Gasteiger partial charge >= 0.3 is 82.8 Å². The van der Waals surface area contributed by atoms with Gasteiger partial charge in [-0.2, -0.15) is 0 Å². The van der Waals surface area contributed by atoms with Crippen LogP contribution in [0.15, 0.2) is 0 Å². The van der Waals surface area contributed by atoms with Gasteiger partial charge in [0, 0.05) is 0 Å². The number of halogens is 2. The first-order valence-corrected chi connectivity index (χ1v) is 6.61. The van der Waals surface area contributed by atoms with E-state index in [1.807, 2.05) is 0 Å². The summed E-state index contributed by atoms with van der Waals surface area (Å²) in [6.45, 7) is 0. The van der Waals surface area contributed by atoms with Crippen molar-refractivity contribution in [3.05, 3.63) is 0 Å². The first-order chi connectivity index (χ1) is 1.41. The average Bonchev–Trinajstić information content (AvgIpc) is 0.918. The van der Waals surface area contributed by atoms with Gasteiger partial charge in [-0.1, -0.05) is 0 Å². The first-order valence-electron chi connectivity index (χ1n) is 0.535. The summed E-state index contributed by atoms with van der Waals surface area (Å²) in [5.41, 5.74) is 0. The van der Waals surface area contributed by atoms with E-state index in [0.717, 1.165) is 0 Å². The summed E-state index contributed by atoms with van der Waals surface area (Å²) in [5, 5.41) is 0. The fraction of sp³-hybridized carbons (Fsp3) is 0. The molecule has 0 spiro atoms. The van der Waals surface area contributed by atoms with Gasteiger partial charge in [0.15, 0.2) is 0 Å². The standard InChI is InChI=1S/2Ca.2ClH.2H/h;;2*1H;;/q;+2;;;;/p-1. The van der Waals surface area contributed by atoms with E-state index >= 15 is 0 Å². The van der Waals surface area contributed by atoms with Crippen molar-refractivity contribution in [2.45, 2.75) is 0 Å². The van der Waals surface area contributed by atoms with Crippen LogP contribution in [-0.4, -0.2) is 68.6 Å². The van der Waals surface area contributed by atoms with E-state index in [-0.39, 0.29) is 39.2 Å². The van der Waals surface area contributed by atoms with Gasteiger partial charge in [0.05, 0.1) is 0 Å². The molecule has 4 heavy (non-hydrogen) atoms. The van der Waals surface area contributed by atoms with Gasteiger partial charge in [-0.05, 0) is 0 Å². The maximum absolute atomic E-state index is 4.95.